The number of ketones is 1. The van der Waals surface area contributed by atoms with Crippen molar-refractivity contribution in [3.8, 4) is 0 Å². The van der Waals surface area contributed by atoms with Crippen LogP contribution in [0.2, 0.25) is 0 Å². The number of aromatic nitrogens is 1. The monoisotopic (exact) mass is 177 g/mol. The predicted molar refractivity (Wildman–Crippen MR) is 49.6 cm³/mol. The first kappa shape index (κ1) is 7.43. The average molecular weight is 177 g/mol. The minimum atomic E-state index is 0.109. The van der Waals surface area contributed by atoms with Crippen molar-refractivity contribution in [1.29, 1.82) is 0 Å². The Bertz CT molecular complexity index is 400. The van der Waals surface area contributed by atoms with E-state index in [9.17, 15) is 4.79 Å². The van der Waals surface area contributed by atoms with E-state index in [2.05, 4.69) is 4.98 Å². The molecular formula is C9H7NOS. The number of hydrogen-bond donors (Lipinski definition) is 0. The van der Waals surface area contributed by atoms with Crippen LogP contribution >= 0.6 is 11.3 Å². The molecule has 0 aliphatic carbocycles. The molecule has 2 rings (SSSR count). The molecule has 0 atom stereocenters. The minimum Gasteiger partial charge on any atom is -0.294 e. The van der Waals surface area contributed by atoms with Crippen LogP contribution < -0.4 is 0 Å². The van der Waals surface area contributed by atoms with E-state index in [1.807, 2.05) is 18.2 Å². The molecule has 0 aromatic carbocycles. The maximum Gasteiger partial charge on any atom is 0.169 e. The standard InChI is InChI=1S/C9H7NOS/c1-6(11)9-5-7-8(12-9)3-2-4-10-7/h2-5H,1H3. The average Bonchev–Trinajstić information content (AvgIpc) is 2.46. The van der Waals surface area contributed by atoms with Gasteiger partial charge in [0, 0.05) is 6.20 Å². The molecule has 0 N–H and O–H groups in total. The fourth-order valence-corrected chi connectivity index (χ4v) is 1.96. The van der Waals surface area contributed by atoms with Crippen LogP contribution in [0.25, 0.3) is 10.2 Å². The van der Waals surface area contributed by atoms with Crippen LogP contribution in [0.3, 0.4) is 0 Å². The molecule has 0 fully saturated rings. The molecule has 2 aromatic heterocycles. The largest absolute Gasteiger partial charge is 0.294 e. The summed E-state index contributed by atoms with van der Waals surface area (Å²) in [5.74, 6) is 0.109. The first-order chi connectivity index (χ1) is 5.77. The number of fused-ring (bicyclic) bond motifs is 1. The molecule has 0 spiro atoms. The smallest absolute Gasteiger partial charge is 0.169 e. The Labute approximate surface area is 73.9 Å². The molecule has 2 heterocycles. The van der Waals surface area contributed by atoms with Crippen LogP contribution in [0.15, 0.2) is 24.4 Å². The molecule has 0 radical (unpaired) electrons. The molecule has 2 aromatic rings. The third-order valence-corrected chi connectivity index (χ3v) is 2.82. The van der Waals surface area contributed by atoms with Crippen molar-refractivity contribution in [2.24, 2.45) is 0 Å². The second-order valence-corrected chi connectivity index (χ2v) is 3.64. The summed E-state index contributed by atoms with van der Waals surface area (Å²) in [5.41, 5.74) is 0.910. The number of hydrogen-bond acceptors (Lipinski definition) is 3. The van der Waals surface area contributed by atoms with E-state index in [0.717, 1.165) is 15.1 Å². The van der Waals surface area contributed by atoms with Crippen LogP contribution in [-0.2, 0) is 0 Å². The van der Waals surface area contributed by atoms with Gasteiger partial charge in [0.1, 0.15) is 0 Å². The predicted octanol–water partition coefficient (Wildman–Crippen LogP) is 2.50. The van der Waals surface area contributed by atoms with Gasteiger partial charge in [0.15, 0.2) is 5.78 Å². The number of rotatable bonds is 1. The van der Waals surface area contributed by atoms with E-state index in [4.69, 9.17) is 0 Å². The van der Waals surface area contributed by atoms with E-state index in [-0.39, 0.29) is 5.78 Å². The van der Waals surface area contributed by atoms with E-state index in [1.165, 1.54) is 11.3 Å². The summed E-state index contributed by atoms with van der Waals surface area (Å²) in [4.78, 5) is 15.9. The van der Waals surface area contributed by atoms with Crippen LogP contribution in [0.4, 0.5) is 0 Å². The van der Waals surface area contributed by atoms with E-state index in [1.54, 1.807) is 13.1 Å². The van der Waals surface area contributed by atoms with Gasteiger partial charge in [-0.1, -0.05) is 0 Å². The zero-order valence-electron chi connectivity index (χ0n) is 6.57. The third kappa shape index (κ3) is 1.12. The highest BCUT2D eigenvalue weighted by atomic mass is 32.1. The van der Waals surface area contributed by atoms with Crippen LogP contribution in [0.5, 0.6) is 0 Å². The summed E-state index contributed by atoms with van der Waals surface area (Å²) in [5, 5.41) is 0. The molecule has 2 nitrogen and oxygen atoms in total. The summed E-state index contributed by atoms with van der Waals surface area (Å²) in [7, 11) is 0. The highest BCUT2D eigenvalue weighted by molar-refractivity contribution is 7.20. The summed E-state index contributed by atoms with van der Waals surface area (Å²) < 4.78 is 1.07. The van der Waals surface area contributed by atoms with E-state index in [0.29, 0.717) is 0 Å². The Balaban J connectivity index is 2.70. The van der Waals surface area contributed by atoms with Gasteiger partial charge in [0.25, 0.3) is 0 Å². The number of thiophene rings is 1. The lowest BCUT2D eigenvalue weighted by molar-refractivity contribution is 0.102. The summed E-state index contributed by atoms with van der Waals surface area (Å²) in [6, 6.07) is 5.69. The van der Waals surface area contributed by atoms with Crippen molar-refractivity contribution < 1.29 is 4.79 Å². The summed E-state index contributed by atoms with van der Waals surface area (Å²) in [6.07, 6.45) is 1.74. The molecule has 60 valence electrons. The Kier molecular flexibility index (Phi) is 1.66. The lowest BCUT2D eigenvalue weighted by Crippen LogP contribution is -1.83. The SMILES string of the molecule is CC(=O)c1cc2ncccc2s1. The zero-order chi connectivity index (χ0) is 8.55. The molecule has 12 heavy (non-hydrogen) atoms. The van der Waals surface area contributed by atoms with Gasteiger partial charge in [0.05, 0.1) is 15.1 Å². The summed E-state index contributed by atoms with van der Waals surface area (Å²) >= 11 is 1.49. The fraction of sp³-hybridized carbons (Fsp3) is 0.111. The Morgan fingerprint density at radius 2 is 2.42 bits per heavy atom. The molecule has 3 heteroatoms. The highest BCUT2D eigenvalue weighted by Gasteiger charge is 2.04. The molecule has 0 amide bonds. The molecule has 0 aliphatic heterocycles. The second kappa shape index (κ2) is 2.68. The lowest BCUT2D eigenvalue weighted by atomic mass is 10.3. The maximum atomic E-state index is 11.0. The number of carbonyl (C=O) groups is 1. The van der Waals surface area contributed by atoms with Crippen molar-refractivity contribution in [2.75, 3.05) is 0 Å². The first-order valence-electron chi connectivity index (χ1n) is 3.63. The Morgan fingerprint density at radius 1 is 1.58 bits per heavy atom. The van der Waals surface area contributed by atoms with E-state index >= 15 is 0 Å². The number of carbonyl (C=O) groups excluding carboxylic acids is 1. The molecule has 0 aliphatic rings. The van der Waals surface area contributed by atoms with Crippen molar-refractivity contribution >= 4 is 27.3 Å². The summed E-state index contributed by atoms with van der Waals surface area (Å²) in [6.45, 7) is 1.57. The number of nitrogens with zero attached hydrogens (tertiary/aromatic N) is 1. The zero-order valence-corrected chi connectivity index (χ0v) is 7.39. The first-order valence-corrected chi connectivity index (χ1v) is 4.44. The Hall–Kier alpha value is -1.22. The van der Waals surface area contributed by atoms with Crippen molar-refractivity contribution in [1.82, 2.24) is 4.98 Å². The van der Waals surface area contributed by atoms with Gasteiger partial charge in [-0.15, -0.1) is 11.3 Å². The topological polar surface area (TPSA) is 30.0 Å². The second-order valence-electron chi connectivity index (χ2n) is 2.55. The minimum absolute atomic E-state index is 0.109. The quantitative estimate of drug-likeness (QED) is 0.626. The van der Waals surface area contributed by atoms with Gasteiger partial charge in [-0.25, -0.2) is 0 Å². The van der Waals surface area contributed by atoms with Gasteiger partial charge >= 0.3 is 0 Å². The van der Waals surface area contributed by atoms with Gasteiger partial charge in [-0.2, -0.15) is 0 Å². The van der Waals surface area contributed by atoms with Crippen molar-refractivity contribution in [2.45, 2.75) is 6.92 Å². The van der Waals surface area contributed by atoms with Crippen LogP contribution in [0, 0.1) is 0 Å². The molecule has 0 unspecified atom stereocenters. The molecule has 0 bridgehead atoms. The number of pyridine rings is 1. The Morgan fingerprint density at radius 3 is 3.08 bits per heavy atom. The number of Topliss-reactive ketones (excluding diaryl/α,β-unsaturated/α-hetero) is 1. The fourth-order valence-electron chi connectivity index (χ4n) is 1.04. The van der Waals surface area contributed by atoms with Crippen molar-refractivity contribution in [3.63, 3.8) is 0 Å². The van der Waals surface area contributed by atoms with Gasteiger partial charge in [0.2, 0.25) is 0 Å². The van der Waals surface area contributed by atoms with Crippen molar-refractivity contribution in [3.05, 3.63) is 29.3 Å². The third-order valence-electron chi connectivity index (χ3n) is 1.63. The highest BCUT2D eigenvalue weighted by Crippen LogP contribution is 2.23. The maximum absolute atomic E-state index is 11.0. The molecule has 0 saturated carbocycles. The van der Waals surface area contributed by atoms with Crippen LogP contribution in [-0.4, -0.2) is 10.8 Å². The van der Waals surface area contributed by atoms with Gasteiger partial charge in [-0.3, -0.25) is 9.78 Å². The molecule has 0 saturated heterocycles. The lowest BCUT2D eigenvalue weighted by Gasteiger charge is -1.81. The van der Waals surface area contributed by atoms with Gasteiger partial charge in [-0.05, 0) is 25.1 Å². The van der Waals surface area contributed by atoms with E-state index < -0.39 is 0 Å². The van der Waals surface area contributed by atoms with Gasteiger partial charge < -0.3 is 0 Å². The molecular weight excluding hydrogens is 170 g/mol. The van der Waals surface area contributed by atoms with Crippen LogP contribution in [0.1, 0.15) is 16.6 Å². The normalized spacial score (nSPS) is 10.4.